The van der Waals surface area contributed by atoms with Gasteiger partial charge in [-0.05, 0) is 49.6 Å². The highest BCUT2D eigenvalue weighted by Gasteiger charge is 2.16. The number of rotatable bonds is 5. The number of hydrogen-bond acceptors (Lipinski definition) is 3. The zero-order valence-corrected chi connectivity index (χ0v) is 10.6. The van der Waals surface area contributed by atoms with Crippen LogP contribution >= 0.6 is 11.6 Å². The van der Waals surface area contributed by atoms with E-state index in [1.807, 2.05) is 18.2 Å². The first-order valence-corrected chi connectivity index (χ1v) is 6.40. The Morgan fingerprint density at radius 3 is 3.06 bits per heavy atom. The molecule has 1 unspecified atom stereocenters. The van der Waals surface area contributed by atoms with Crippen molar-refractivity contribution in [2.45, 2.75) is 25.4 Å². The normalized spacial score (nSPS) is 19.5. The minimum atomic E-state index is 0.233. The van der Waals surface area contributed by atoms with Crippen LogP contribution < -0.4 is 10.5 Å². The maximum absolute atomic E-state index is 5.96. The van der Waals surface area contributed by atoms with Gasteiger partial charge in [0, 0.05) is 11.6 Å². The second-order valence-electron chi connectivity index (χ2n) is 4.24. The van der Waals surface area contributed by atoms with Gasteiger partial charge in [-0.1, -0.05) is 11.6 Å². The molecule has 1 atom stereocenters. The molecule has 0 bridgehead atoms. The molecule has 3 nitrogen and oxygen atoms in total. The first-order valence-electron chi connectivity index (χ1n) is 6.02. The van der Waals surface area contributed by atoms with Crippen molar-refractivity contribution in [1.29, 1.82) is 0 Å². The van der Waals surface area contributed by atoms with E-state index in [-0.39, 0.29) is 6.10 Å². The van der Waals surface area contributed by atoms with Gasteiger partial charge < -0.3 is 15.2 Å². The van der Waals surface area contributed by atoms with E-state index in [0.717, 1.165) is 42.2 Å². The molecule has 1 heterocycles. The molecule has 94 valence electrons. The summed E-state index contributed by atoms with van der Waals surface area (Å²) in [6, 6.07) is 5.66. The topological polar surface area (TPSA) is 44.5 Å². The SMILES string of the molecule is NCCc1cc(Cl)ccc1OCC1CCCO1. The predicted molar refractivity (Wildman–Crippen MR) is 68.7 cm³/mol. The van der Waals surface area contributed by atoms with E-state index in [1.165, 1.54) is 0 Å². The van der Waals surface area contributed by atoms with Gasteiger partial charge >= 0.3 is 0 Å². The van der Waals surface area contributed by atoms with Gasteiger partial charge in [0.25, 0.3) is 0 Å². The van der Waals surface area contributed by atoms with Crippen LogP contribution in [0.4, 0.5) is 0 Å². The van der Waals surface area contributed by atoms with Gasteiger partial charge in [0.15, 0.2) is 0 Å². The Labute approximate surface area is 107 Å². The van der Waals surface area contributed by atoms with Crippen LogP contribution in [0.5, 0.6) is 5.75 Å². The second-order valence-corrected chi connectivity index (χ2v) is 4.67. The Balaban J connectivity index is 1.98. The summed E-state index contributed by atoms with van der Waals surface area (Å²) in [5.74, 6) is 0.871. The molecule has 4 heteroatoms. The highest BCUT2D eigenvalue weighted by Crippen LogP contribution is 2.24. The fraction of sp³-hybridized carbons (Fsp3) is 0.538. The van der Waals surface area contributed by atoms with Crippen molar-refractivity contribution in [3.63, 3.8) is 0 Å². The largest absolute Gasteiger partial charge is 0.491 e. The number of benzene rings is 1. The van der Waals surface area contributed by atoms with Crippen LogP contribution in [0.1, 0.15) is 18.4 Å². The molecule has 0 aliphatic carbocycles. The Morgan fingerprint density at radius 1 is 1.47 bits per heavy atom. The average molecular weight is 256 g/mol. The molecule has 0 radical (unpaired) electrons. The Bertz CT molecular complexity index is 364. The van der Waals surface area contributed by atoms with E-state index in [1.54, 1.807) is 0 Å². The van der Waals surface area contributed by atoms with Crippen molar-refractivity contribution in [3.8, 4) is 5.75 Å². The molecule has 0 spiro atoms. The van der Waals surface area contributed by atoms with Crippen molar-refractivity contribution in [3.05, 3.63) is 28.8 Å². The van der Waals surface area contributed by atoms with Crippen molar-refractivity contribution in [1.82, 2.24) is 0 Å². The first kappa shape index (κ1) is 12.7. The number of ether oxygens (including phenoxy) is 2. The third-order valence-corrected chi connectivity index (χ3v) is 3.12. The summed E-state index contributed by atoms with van der Waals surface area (Å²) in [5.41, 5.74) is 6.64. The van der Waals surface area contributed by atoms with Crippen LogP contribution in [-0.2, 0) is 11.2 Å². The van der Waals surface area contributed by atoms with Gasteiger partial charge in [0.1, 0.15) is 12.4 Å². The zero-order valence-electron chi connectivity index (χ0n) is 9.82. The second kappa shape index (κ2) is 6.24. The number of nitrogens with two attached hydrogens (primary N) is 1. The maximum atomic E-state index is 5.96. The van der Waals surface area contributed by atoms with Gasteiger partial charge in [0.05, 0.1) is 6.10 Å². The fourth-order valence-corrected chi connectivity index (χ4v) is 2.19. The molecule has 17 heavy (non-hydrogen) atoms. The molecule has 1 fully saturated rings. The van der Waals surface area contributed by atoms with E-state index < -0.39 is 0 Å². The minimum absolute atomic E-state index is 0.233. The Kier molecular flexibility index (Phi) is 4.66. The van der Waals surface area contributed by atoms with Gasteiger partial charge in [0.2, 0.25) is 0 Å². The molecule has 0 aromatic heterocycles. The molecule has 1 aromatic rings. The average Bonchev–Trinajstić information content (AvgIpc) is 2.81. The van der Waals surface area contributed by atoms with E-state index in [9.17, 15) is 0 Å². The number of hydrogen-bond donors (Lipinski definition) is 1. The molecule has 1 aliphatic heterocycles. The molecular formula is C13H18ClNO2. The summed E-state index contributed by atoms with van der Waals surface area (Å²) in [6.45, 7) is 2.06. The van der Waals surface area contributed by atoms with Gasteiger partial charge in [-0.2, -0.15) is 0 Å². The molecular weight excluding hydrogens is 238 g/mol. The quantitative estimate of drug-likeness (QED) is 0.879. The van der Waals surface area contributed by atoms with Crippen molar-refractivity contribution in [2.24, 2.45) is 5.73 Å². The standard InChI is InChI=1S/C13H18ClNO2/c14-11-3-4-13(10(8-11)5-6-15)17-9-12-2-1-7-16-12/h3-4,8,12H,1-2,5-7,9,15H2. The minimum Gasteiger partial charge on any atom is -0.491 e. The smallest absolute Gasteiger partial charge is 0.122 e. The van der Waals surface area contributed by atoms with Crippen molar-refractivity contribution in [2.75, 3.05) is 19.8 Å². The van der Waals surface area contributed by atoms with E-state index in [4.69, 9.17) is 26.8 Å². The highest BCUT2D eigenvalue weighted by atomic mass is 35.5. The summed E-state index contributed by atoms with van der Waals surface area (Å²) in [5, 5.41) is 0.720. The predicted octanol–water partition coefficient (Wildman–Crippen LogP) is 2.40. The summed E-state index contributed by atoms with van der Waals surface area (Å²) in [4.78, 5) is 0. The third kappa shape index (κ3) is 3.60. The highest BCUT2D eigenvalue weighted by molar-refractivity contribution is 6.30. The lowest BCUT2D eigenvalue weighted by molar-refractivity contribution is 0.0676. The lowest BCUT2D eigenvalue weighted by atomic mass is 10.1. The zero-order chi connectivity index (χ0) is 12.1. The molecule has 1 saturated heterocycles. The third-order valence-electron chi connectivity index (χ3n) is 2.88. The van der Waals surface area contributed by atoms with Gasteiger partial charge in [-0.15, -0.1) is 0 Å². The van der Waals surface area contributed by atoms with Gasteiger partial charge in [-0.3, -0.25) is 0 Å². The van der Waals surface area contributed by atoms with Crippen molar-refractivity contribution >= 4 is 11.6 Å². The molecule has 2 N–H and O–H groups in total. The summed E-state index contributed by atoms with van der Waals surface area (Å²) >= 11 is 5.96. The van der Waals surface area contributed by atoms with Crippen LogP contribution in [0.25, 0.3) is 0 Å². The van der Waals surface area contributed by atoms with E-state index in [0.29, 0.717) is 13.2 Å². The summed E-state index contributed by atoms with van der Waals surface area (Å²) < 4.78 is 11.3. The van der Waals surface area contributed by atoms with E-state index >= 15 is 0 Å². The fourth-order valence-electron chi connectivity index (χ4n) is 2.00. The summed E-state index contributed by atoms with van der Waals surface area (Å²) in [6.07, 6.45) is 3.22. The first-order chi connectivity index (χ1) is 8.29. The van der Waals surface area contributed by atoms with Crippen molar-refractivity contribution < 1.29 is 9.47 Å². The molecule has 1 aliphatic rings. The van der Waals surface area contributed by atoms with Crippen LogP contribution in [0.15, 0.2) is 18.2 Å². The Hall–Kier alpha value is -0.770. The molecule has 2 rings (SSSR count). The molecule has 0 amide bonds. The lowest BCUT2D eigenvalue weighted by Gasteiger charge is -2.14. The molecule has 0 saturated carbocycles. The summed E-state index contributed by atoms with van der Waals surface area (Å²) in [7, 11) is 0. The van der Waals surface area contributed by atoms with Gasteiger partial charge in [-0.25, -0.2) is 0 Å². The monoisotopic (exact) mass is 255 g/mol. The lowest BCUT2D eigenvalue weighted by Crippen LogP contribution is -2.17. The van der Waals surface area contributed by atoms with E-state index in [2.05, 4.69) is 0 Å². The van der Waals surface area contributed by atoms with Crippen LogP contribution in [-0.4, -0.2) is 25.9 Å². The van der Waals surface area contributed by atoms with Crippen LogP contribution in [0.3, 0.4) is 0 Å². The maximum Gasteiger partial charge on any atom is 0.122 e. The van der Waals surface area contributed by atoms with Crippen LogP contribution in [0.2, 0.25) is 5.02 Å². The van der Waals surface area contributed by atoms with Crippen LogP contribution in [0, 0.1) is 0 Å². The Morgan fingerprint density at radius 2 is 2.35 bits per heavy atom. The molecule has 1 aromatic carbocycles. The number of halogens is 1.